The highest BCUT2D eigenvalue weighted by Crippen LogP contribution is 2.37. The van der Waals surface area contributed by atoms with Crippen LogP contribution in [0.3, 0.4) is 0 Å². The number of methoxy groups -OCH3 is 1. The molecule has 0 radical (unpaired) electrons. The molecule has 4 rings (SSSR count). The van der Waals surface area contributed by atoms with E-state index in [0.717, 1.165) is 5.75 Å². The van der Waals surface area contributed by atoms with Gasteiger partial charge in [0, 0.05) is 12.5 Å². The van der Waals surface area contributed by atoms with E-state index < -0.39 is 5.91 Å². The van der Waals surface area contributed by atoms with Gasteiger partial charge in [0.1, 0.15) is 11.5 Å². The van der Waals surface area contributed by atoms with Gasteiger partial charge in [0.2, 0.25) is 0 Å². The number of fused-ring (bicyclic) bond motifs is 1. The summed E-state index contributed by atoms with van der Waals surface area (Å²) in [7, 11) is 1.54. The van der Waals surface area contributed by atoms with Gasteiger partial charge >= 0.3 is 0 Å². The molecule has 0 unspecified atom stereocenters. The Morgan fingerprint density at radius 2 is 1.94 bits per heavy atom. The van der Waals surface area contributed by atoms with Crippen LogP contribution in [0.25, 0.3) is 6.08 Å². The second-order valence-electron chi connectivity index (χ2n) is 7.22. The van der Waals surface area contributed by atoms with E-state index in [1.165, 1.54) is 5.06 Å². The second kappa shape index (κ2) is 9.91. The molecule has 0 spiro atoms. The molecule has 1 N–H and O–H groups in total. The summed E-state index contributed by atoms with van der Waals surface area (Å²) in [6.07, 6.45) is 3.87. The minimum atomic E-state index is -0.505. The Labute approximate surface area is 199 Å². The van der Waals surface area contributed by atoms with Crippen LogP contribution in [-0.2, 0) is 9.63 Å². The lowest BCUT2D eigenvalue weighted by Gasteiger charge is -2.23. The molecule has 0 bridgehead atoms. The van der Waals surface area contributed by atoms with Gasteiger partial charge in [0.15, 0.2) is 23.2 Å². The number of aliphatic imine (C=N–C) groups is 1. The molecule has 9 heteroatoms. The van der Waals surface area contributed by atoms with Gasteiger partial charge in [0.05, 0.1) is 30.4 Å². The Kier molecular flexibility index (Phi) is 6.79. The standard InChI is InChI=1S/C24H22BrN3O5/c1-15-11-21-27-24(29)18(23(26)28(21)33-15)12-16-13-19(25)22(20(14-16)30-2)32-10-6-9-31-17-7-4-3-5-8-17/h3-5,7-8,11-14,26H,6,9-10H2,1-2H3/b18-12+,26-23?. The summed E-state index contributed by atoms with van der Waals surface area (Å²) >= 11 is 3.52. The lowest BCUT2D eigenvalue weighted by Crippen LogP contribution is -2.38. The highest BCUT2D eigenvalue weighted by atomic mass is 79.9. The van der Waals surface area contributed by atoms with Crippen LogP contribution in [0.15, 0.2) is 69.3 Å². The van der Waals surface area contributed by atoms with Crippen LogP contribution in [0, 0.1) is 5.41 Å². The molecule has 2 aromatic rings. The average molecular weight is 512 g/mol. The van der Waals surface area contributed by atoms with Crippen molar-refractivity contribution in [2.24, 2.45) is 4.99 Å². The first-order valence-electron chi connectivity index (χ1n) is 10.2. The average Bonchev–Trinajstić information content (AvgIpc) is 3.18. The molecular weight excluding hydrogens is 490 g/mol. The number of benzene rings is 2. The number of para-hydroxylation sites is 1. The molecule has 8 nitrogen and oxygen atoms in total. The maximum absolute atomic E-state index is 12.5. The highest BCUT2D eigenvalue weighted by molar-refractivity contribution is 9.10. The van der Waals surface area contributed by atoms with Crippen LogP contribution in [-0.4, -0.2) is 43.0 Å². The number of hydrogen-bond donors (Lipinski definition) is 1. The Hall–Kier alpha value is -3.59. The Morgan fingerprint density at radius 1 is 1.18 bits per heavy atom. The lowest BCUT2D eigenvalue weighted by molar-refractivity contribution is -0.114. The number of nitrogens with one attached hydrogen (secondary N) is 1. The van der Waals surface area contributed by atoms with Crippen LogP contribution < -0.4 is 14.2 Å². The summed E-state index contributed by atoms with van der Waals surface area (Å²) in [5, 5.41) is 9.57. The molecule has 33 heavy (non-hydrogen) atoms. The summed E-state index contributed by atoms with van der Waals surface area (Å²) in [6.45, 7) is 2.69. The number of nitrogens with zero attached hydrogens (tertiary/aromatic N) is 2. The van der Waals surface area contributed by atoms with Gasteiger partial charge in [0.25, 0.3) is 5.91 Å². The van der Waals surface area contributed by atoms with Gasteiger partial charge in [-0.05, 0) is 58.8 Å². The number of carbonyl (C=O) groups excluding carboxylic acids is 1. The number of ether oxygens (including phenoxy) is 3. The zero-order valence-electron chi connectivity index (χ0n) is 18.1. The third-order valence-electron chi connectivity index (χ3n) is 4.79. The van der Waals surface area contributed by atoms with E-state index in [-0.39, 0.29) is 11.4 Å². The molecule has 0 fully saturated rings. The minimum absolute atomic E-state index is 0.0769. The number of hydrogen-bond acceptors (Lipinski definition) is 6. The van der Waals surface area contributed by atoms with E-state index in [0.29, 0.717) is 52.8 Å². The lowest BCUT2D eigenvalue weighted by atomic mass is 10.1. The first kappa shape index (κ1) is 22.6. The first-order chi connectivity index (χ1) is 16.0. The topological polar surface area (TPSA) is 93.4 Å². The molecule has 0 atom stereocenters. The molecule has 2 heterocycles. The second-order valence-corrected chi connectivity index (χ2v) is 8.07. The van der Waals surface area contributed by atoms with Crippen LogP contribution in [0.1, 0.15) is 18.9 Å². The number of rotatable bonds is 8. The minimum Gasteiger partial charge on any atom is -0.493 e. The van der Waals surface area contributed by atoms with Gasteiger partial charge < -0.3 is 19.0 Å². The Morgan fingerprint density at radius 3 is 2.70 bits per heavy atom. The fourth-order valence-corrected chi connectivity index (χ4v) is 3.84. The summed E-state index contributed by atoms with van der Waals surface area (Å²) in [4.78, 5) is 21.9. The van der Waals surface area contributed by atoms with Gasteiger partial charge in [-0.1, -0.05) is 18.2 Å². The molecule has 2 aliphatic heterocycles. The number of amidine groups is 2. The number of allylic oxidation sites excluding steroid dienone is 1. The van der Waals surface area contributed by atoms with Crippen molar-refractivity contribution in [1.29, 1.82) is 5.41 Å². The predicted molar refractivity (Wildman–Crippen MR) is 128 cm³/mol. The van der Waals surface area contributed by atoms with E-state index in [2.05, 4.69) is 20.9 Å². The summed E-state index contributed by atoms with van der Waals surface area (Å²) in [5.41, 5.74) is 0.761. The summed E-state index contributed by atoms with van der Waals surface area (Å²) < 4.78 is 17.7. The normalized spacial score (nSPS) is 16.2. The van der Waals surface area contributed by atoms with Gasteiger partial charge in [-0.2, -0.15) is 4.99 Å². The van der Waals surface area contributed by atoms with E-state index in [9.17, 15) is 4.79 Å². The van der Waals surface area contributed by atoms with E-state index >= 15 is 0 Å². The third-order valence-corrected chi connectivity index (χ3v) is 5.38. The van der Waals surface area contributed by atoms with Crippen molar-refractivity contribution in [2.45, 2.75) is 13.3 Å². The van der Waals surface area contributed by atoms with Crippen molar-refractivity contribution in [3.05, 3.63) is 69.9 Å². The highest BCUT2D eigenvalue weighted by Gasteiger charge is 2.34. The van der Waals surface area contributed by atoms with E-state index in [1.54, 1.807) is 38.3 Å². The summed E-state index contributed by atoms with van der Waals surface area (Å²) in [6, 6.07) is 13.1. The van der Waals surface area contributed by atoms with Crippen molar-refractivity contribution >= 4 is 39.6 Å². The van der Waals surface area contributed by atoms with Crippen molar-refractivity contribution in [3.63, 3.8) is 0 Å². The maximum Gasteiger partial charge on any atom is 0.282 e. The number of hydroxylamine groups is 2. The molecule has 0 saturated heterocycles. The Bertz CT molecular complexity index is 1170. The van der Waals surface area contributed by atoms with Crippen LogP contribution in [0.4, 0.5) is 0 Å². The molecule has 1 amide bonds. The van der Waals surface area contributed by atoms with Gasteiger partial charge in [-0.25, -0.2) is 0 Å². The van der Waals surface area contributed by atoms with Crippen molar-refractivity contribution in [2.75, 3.05) is 20.3 Å². The molecule has 170 valence electrons. The monoisotopic (exact) mass is 511 g/mol. The van der Waals surface area contributed by atoms with Crippen molar-refractivity contribution in [1.82, 2.24) is 5.06 Å². The van der Waals surface area contributed by atoms with Crippen molar-refractivity contribution in [3.8, 4) is 17.2 Å². The quantitative estimate of drug-likeness (QED) is 0.405. The first-order valence-corrected chi connectivity index (χ1v) is 11.0. The zero-order valence-corrected chi connectivity index (χ0v) is 19.7. The van der Waals surface area contributed by atoms with Crippen LogP contribution >= 0.6 is 15.9 Å². The molecule has 0 saturated carbocycles. The third kappa shape index (κ3) is 5.09. The SMILES string of the molecule is COc1cc(/C=C2\C(=N)N3OC(C)=CC3=NC2=O)cc(Br)c1OCCCOc1ccccc1. The molecule has 2 aromatic carbocycles. The van der Waals surface area contributed by atoms with Crippen LogP contribution in [0.2, 0.25) is 0 Å². The summed E-state index contributed by atoms with van der Waals surface area (Å²) in [5.74, 6) is 2.15. The van der Waals surface area contributed by atoms with Gasteiger partial charge in [-0.15, -0.1) is 5.06 Å². The smallest absolute Gasteiger partial charge is 0.282 e. The number of carbonyl (C=O) groups is 1. The molecule has 0 aromatic heterocycles. The number of halogens is 1. The fourth-order valence-electron chi connectivity index (χ4n) is 3.27. The fraction of sp³-hybridized carbons (Fsp3) is 0.208. The van der Waals surface area contributed by atoms with E-state index in [4.69, 9.17) is 24.5 Å². The molecule has 0 aliphatic carbocycles. The number of amides is 1. The predicted octanol–water partition coefficient (Wildman–Crippen LogP) is 4.76. The van der Waals surface area contributed by atoms with Crippen molar-refractivity contribution < 1.29 is 23.8 Å². The zero-order chi connectivity index (χ0) is 23.4. The maximum atomic E-state index is 12.5. The molecular formula is C24H22BrN3O5. The van der Waals surface area contributed by atoms with Crippen LogP contribution in [0.5, 0.6) is 17.2 Å². The van der Waals surface area contributed by atoms with Gasteiger partial charge in [-0.3, -0.25) is 10.2 Å². The largest absolute Gasteiger partial charge is 0.493 e. The molecule has 2 aliphatic rings. The Balaban J connectivity index is 1.44. The van der Waals surface area contributed by atoms with E-state index in [1.807, 2.05) is 30.3 Å².